The number of carbonyl (C=O) groups excluding carboxylic acids is 1. The molecule has 1 aliphatic carbocycles. The third kappa shape index (κ3) is 4.25. The van der Waals surface area contributed by atoms with Gasteiger partial charge in [0.2, 0.25) is 5.91 Å². The molecule has 2 aliphatic rings. The molecule has 3 unspecified atom stereocenters. The highest BCUT2D eigenvalue weighted by Crippen LogP contribution is 2.35. The second-order valence-electron chi connectivity index (χ2n) is 7.08. The lowest BCUT2D eigenvalue weighted by atomic mass is 9.78. The van der Waals surface area contributed by atoms with Crippen LogP contribution in [-0.4, -0.2) is 36.5 Å². The molecule has 0 spiro atoms. The summed E-state index contributed by atoms with van der Waals surface area (Å²) in [7, 11) is 0. The summed E-state index contributed by atoms with van der Waals surface area (Å²) in [6.07, 6.45) is 3.65. The number of rotatable bonds is 3. The van der Waals surface area contributed by atoms with Gasteiger partial charge in [0.05, 0.1) is 6.54 Å². The van der Waals surface area contributed by atoms with Gasteiger partial charge in [-0.3, -0.25) is 9.69 Å². The Morgan fingerprint density at radius 2 is 2.09 bits per heavy atom. The van der Waals surface area contributed by atoms with E-state index in [1.807, 2.05) is 26.0 Å². The van der Waals surface area contributed by atoms with Crippen LogP contribution in [0.2, 0.25) is 0 Å². The average molecular weight is 338 g/mol. The second-order valence-corrected chi connectivity index (χ2v) is 7.08. The van der Waals surface area contributed by atoms with Crippen molar-refractivity contribution in [3.8, 4) is 0 Å². The van der Waals surface area contributed by atoms with Crippen molar-refractivity contribution in [3.05, 3.63) is 29.3 Å². The number of aryl methyl sites for hydroxylation is 2. The fourth-order valence-electron chi connectivity index (χ4n) is 4.00. The Balaban J connectivity index is 0.00000192. The van der Waals surface area contributed by atoms with Crippen LogP contribution >= 0.6 is 12.4 Å². The van der Waals surface area contributed by atoms with Gasteiger partial charge in [-0.05, 0) is 55.7 Å². The van der Waals surface area contributed by atoms with E-state index in [1.165, 1.54) is 18.4 Å². The molecule has 3 N–H and O–H groups in total. The van der Waals surface area contributed by atoms with Gasteiger partial charge >= 0.3 is 0 Å². The Morgan fingerprint density at radius 3 is 2.83 bits per heavy atom. The first-order valence-corrected chi connectivity index (χ1v) is 8.38. The topological polar surface area (TPSA) is 58.4 Å². The van der Waals surface area contributed by atoms with Crippen molar-refractivity contribution in [1.82, 2.24) is 4.90 Å². The Hall–Kier alpha value is -1.10. The number of nitrogens with one attached hydrogen (secondary N) is 1. The van der Waals surface area contributed by atoms with Crippen LogP contribution in [0, 0.1) is 25.7 Å². The van der Waals surface area contributed by atoms with E-state index in [1.54, 1.807) is 0 Å². The van der Waals surface area contributed by atoms with Gasteiger partial charge < -0.3 is 11.1 Å². The van der Waals surface area contributed by atoms with E-state index in [9.17, 15) is 4.79 Å². The Bertz CT molecular complexity index is 563. The molecule has 3 atom stereocenters. The number of hydrogen-bond acceptors (Lipinski definition) is 3. The number of likely N-dealkylation sites (tertiary alicyclic amines) is 1. The number of halogens is 1. The molecule has 0 bridgehead atoms. The maximum absolute atomic E-state index is 12.3. The maximum atomic E-state index is 12.3. The van der Waals surface area contributed by atoms with Gasteiger partial charge in [0, 0.05) is 24.8 Å². The van der Waals surface area contributed by atoms with Gasteiger partial charge in [-0.25, -0.2) is 0 Å². The minimum absolute atomic E-state index is 0. The van der Waals surface area contributed by atoms with Crippen molar-refractivity contribution in [1.29, 1.82) is 0 Å². The fourth-order valence-corrected chi connectivity index (χ4v) is 4.00. The van der Waals surface area contributed by atoms with Crippen molar-refractivity contribution >= 4 is 24.0 Å². The van der Waals surface area contributed by atoms with Crippen LogP contribution in [0.4, 0.5) is 5.69 Å². The van der Waals surface area contributed by atoms with Gasteiger partial charge in [0.1, 0.15) is 0 Å². The molecule has 1 saturated carbocycles. The first-order chi connectivity index (χ1) is 10.5. The first-order valence-electron chi connectivity index (χ1n) is 8.38. The summed E-state index contributed by atoms with van der Waals surface area (Å²) >= 11 is 0. The normalized spacial score (nSPS) is 27.2. The molecular weight excluding hydrogens is 310 g/mol. The summed E-state index contributed by atoms with van der Waals surface area (Å²) in [5.41, 5.74) is 9.45. The summed E-state index contributed by atoms with van der Waals surface area (Å²) in [6.45, 7) is 6.55. The van der Waals surface area contributed by atoms with Crippen LogP contribution in [0.3, 0.4) is 0 Å². The van der Waals surface area contributed by atoms with Crippen LogP contribution in [-0.2, 0) is 4.79 Å². The molecule has 4 nitrogen and oxygen atoms in total. The number of anilines is 1. The Morgan fingerprint density at radius 1 is 1.30 bits per heavy atom. The third-order valence-corrected chi connectivity index (χ3v) is 5.26. The quantitative estimate of drug-likeness (QED) is 0.891. The standard InChI is InChI=1S/C18H27N3O.ClH/c1-12-6-7-13(2)17(8-12)20-18(22)11-21-9-14-4-3-5-16(19)15(14)10-21;/h6-8,14-16H,3-5,9-11,19H2,1-2H3,(H,20,22);1H. The SMILES string of the molecule is Cc1ccc(C)c(NC(=O)CN2CC3CCCC(N)C3C2)c1.Cl. The van der Waals surface area contributed by atoms with Crippen LogP contribution in [0.15, 0.2) is 18.2 Å². The Kier molecular flexibility index (Phi) is 6.06. The highest BCUT2D eigenvalue weighted by atomic mass is 35.5. The first kappa shape index (κ1) is 18.2. The molecule has 23 heavy (non-hydrogen) atoms. The number of carbonyl (C=O) groups is 1. The number of nitrogens with zero attached hydrogens (tertiary/aromatic N) is 1. The molecule has 3 rings (SSSR count). The number of benzene rings is 1. The van der Waals surface area contributed by atoms with Crippen molar-refractivity contribution in [3.63, 3.8) is 0 Å². The zero-order chi connectivity index (χ0) is 15.7. The highest BCUT2D eigenvalue weighted by molar-refractivity contribution is 5.93. The van der Waals surface area contributed by atoms with E-state index in [0.717, 1.165) is 30.8 Å². The van der Waals surface area contributed by atoms with Crippen LogP contribution in [0.5, 0.6) is 0 Å². The minimum atomic E-state index is 0. The van der Waals surface area contributed by atoms with E-state index in [0.29, 0.717) is 24.4 Å². The molecule has 0 aromatic heterocycles. The lowest BCUT2D eigenvalue weighted by Crippen LogP contribution is -2.38. The number of fused-ring (bicyclic) bond motifs is 1. The van der Waals surface area contributed by atoms with Gasteiger partial charge in [-0.2, -0.15) is 0 Å². The monoisotopic (exact) mass is 337 g/mol. The van der Waals surface area contributed by atoms with E-state index in [-0.39, 0.29) is 18.3 Å². The number of nitrogens with two attached hydrogens (primary N) is 1. The van der Waals surface area contributed by atoms with Gasteiger partial charge in [0.25, 0.3) is 0 Å². The van der Waals surface area contributed by atoms with E-state index >= 15 is 0 Å². The molecule has 1 heterocycles. The smallest absolute Gasteiger partial charge is 0.238 e. The van der Waals surface area contributed by atoms with Gasteiger partial charge in [0.15, 0.2) is 0 Å². The molecule has 1 aromatic carbocycles. The molecule has 2 fully saturated rings. The zero-order valence-corrected chi connectivity index (χ0v) is 14.9. The largest absolute Gasteiger partial charge is 0.327 e. The second kappa shape index (κ2) is 7.65. The third-order valence-electron chi connectivity index (χ3n) is 5.26. The predicted octanol–water partition coefficient (Wildman–Crippen LogP) is 2.72. The average Bonchev–Trinajstić information content (AvgIpc) is 2.86. The summed E-state index contributed by atoms with van der Waals surface area (Å²) in [5.74, 6) is 1.36. The van der Waals surface area contributed by atoms with Crippen LogP contribution < -0.4 is 11.1 Å². The van der Waals surface area contributed by atoms with E-state index in [4.69, 9.17) is 5.73 Å². The molecular formula is C18H28ClN3O. The molecule has 1 saturated heterocycles. The van der Waals surface area contributed by atoms with Crippen LogP contribution in [0.1, 0.15) is 30.4 Å². The van der Waals surface area contributed by atoms with Crippen molar-refractivity contribution in [2.75, 3.05) is 25.0 Å². The fraction of sp³-hybridized carbons (Fsp3) is 0.611. The number of amides is 1. The predicted molar refractivity (Wildman–Crippen MR) is 97.0 cm³/mol. The summed E-state index contributed by atoms with van der Waals surface area (Å²) in [6, 6.07) is 6.48. The van der Waals surface area contributed by atoms with Crippen molar-refractivity contribution < 1.29 is 4.79 Å². The number of hydrogen-bond donors (Lipinski definition) is 2. The molecule has 1 aliphatic heterocycles. The Labute approximate surface area is 145 Å². The molecule has 1 amide bonds. The lowest BCUT2D eigenvalue weighted by molar-refractivity contribution is -0.117. The minimum Gasteiger partial charge on any atom is -0.327 e. The maximum Gasteiger partial charge on any atom is 0.238 e. The van der Waals surface area contributed by atoms with Crippen LogP contribution in [0.25, 0.3) is 0 Å². The van der Waals surface area contributed by atoms with E-state index in [2.05, 4.69) is 16.3 Å². The highest BCUT2D eigenvalue weighted by Gasteiger charge is 2.38. The molecule has 128 valence electrons. The summed E-state index contributed by atoms with van der Waals surface area (Å²) in [4.78, 5) is 14.6. The molecule has 1 aromatic rings. The lowest BCUT2D eigenvalue weighted by Gasteiger charge is -2.29. The van der Waals surface area contributed by atoms with Crippen molar-refractivity contribution in [2.24, 2.45) is 17.6 Å². The van der Waals surface area contributed by atoms with Gasteiger partial charge in [-0.1, -0.05) is 18.6 Å². The molecule has 0 radical (unpaired) electrons. The summed E-state index contributed by atoms with van der Waals surface area (Å²) < 4.78 is 0. The van der Waals surface area contributed by atoms with Gasteiger partial charge in [-0.15, -0.1) is 12.4 Å². The van der Waals surface area contributed by atoms with Crippen molar-refractivity contribution in [2.45, 2.75) is 39.2 Å². The molecule has 5 heteroatoms. The van der Waals surface area contributed by atoms with E-state index < -0.39 is 0 Å². The summed E-state index contributed by atoms with van der Waals surface area (Å²) in [5, 5.41) is 3.06. The zero-order valence-electron chi connectivity index (χ0n) is 14.0.